The van der Waals surface area contributed by atoms with Crippen molar-refractivity contribution in [3.05, 3.63) is 17.8 Å². The van der Waals surface area contributed by atoms with E-state index in [-0.39, 0.29) is 6.10 Å². The average Bonchev–Trinajstić information content (AvgIpc) is 2.40. The van der Waals surface area contributed by atoms with Crippen LogP contribution in [-0.2, 0) is 9.47 Å². The number of carbonyl (C=O) groups is 1. The molecular formula is C13H19N3O3. The Bertz CT molecular complexity index is 464. The van der Waals surface area contributed by atoms with Gasteiger partial charge in [-0.25, -0.2) is 9.78 Å². The van der Waals surface area contributed by atoms with E-state index in [1.165, 1.54) is 13.3 Å². The van der Waals surface area contributed by atoms with E-state index in [4.69, 9.17) is 10.5 Å². The summed E-state index contributed by atoms with van der Waals surface area (Å²) in [5.41, 5.74) is 6.36. The van der Waals surface area contributed by atoms with Crippen LogP contribution in [0.4, 0.5) is 11.5 Å². The van der Waals surface area contributed by atoms with Gasteiger partial charge >= 0.3 is 5.97 Å². The number of ether oxygens (including phenoxy) is 2. The van der Waals surface area contributed by atoms with Crippen LogP contribution in [0, 0.1) is 0 Å². The van der Waals surface area contributed by atoms with Crippen LogP contribution in [0.25, 0.3) is 0 Å². The lowest BCUT2D eigenvalue weighted by Gasteiger charge is -2.28. The van der Waals surface area contributed by atoms with Gasteiger partial charge in [-0.2, -0.15) is 0 Å². The van der Waals surface area contributed by atoms with Crippen LogP contribution in [0.3, 0.4) is 0 Å². The molecule has 6 nitrogen and oxygen atoms in total. The number of nitrogens with one attached hydrogen (secondary N) is 1. The summed E-state index contributed by atoms with van der Waals surface area (Å²) in [6, 6.07) is 1.92. The summed E-state index contributed by atoms with van der Waals surface area (Å²) >= 11 is 0. The molecule has 2 unspecified atom stereocenters. The maximum Gasteiger partial charge on any atom is 0.340 e. The Hall–Kier alpha value is -1.82. The highest BCUT2D eigenvalue weighted by Crippen LogP contribution is 2.20. The Morgan fingerprint density at radius 2 is 2.42 bits per heavy atom. The van der Waals surface area contributed by atoms with E-state index in [2.05, 4.69) is 15.0 Å². The van der Waals surface area contributed by atoms with E-state index in [0.29, 0.717) is 23.1 Å². The number of hydrogen-bond donors (Lipinski definition) is 2. The largest absolute Gasteiger partial charge is 0.465 e. The quantitative estimate of drug-likeness (QED) is 0.804. The molecule has 1 saturated heterocycles. The third-order valence-corrected chi connectivity index (χ3v) is 3.18. The Morgan fingerprint density at radius 3 is 3.11 bits per heavy atom. The minimum atomic E-state index is -0.455. The summed E-state index contributed by atoms with van der Waals surface area (Å²) in [7, 11) is 1.33. The highest BCUT2D eigenvalue weighted by molar-refractivity contribution is 5.95. The van der Waals surface area contributed by atoms with E-state index >= 15 is 0 Å². The molecule has 0 amide bonds. The number of hydrogen-bond acceptors (Lipinski definition) is 6. The van der Waals surface area contributed by atoms with Gasteiger partial charge in [0.1, 0.15) is 5.82 Å². The smallest absolute Gasteiger partial charge is 0.340 e. The van der Waals surface area contributed by atoms with E-state index in [9.17, 15) is 4.79 Å². The van der Waals surface area contributed by atoms with E-state index < -0.39 is 5.97 Å². The highest BCUT2D eigenvalue weighted by Gasteiger charge is 2.20. The van der Waals surface area contributed by atoms with Crippen LogP contribution in [0.5, 0.6) is 0 Å². The summed E-state index contributed by atoms with van der Waals surface area (Å²) < 4.78 is 10.2. The van der Waals surface area contributed by atoms with E-state index in [1.54, 1.807) is 6.07 Å². The fourth-order valence-electron chi connectivity index (χ4n) is 2.17. The Morgan fingerprint density at radius 1 is 1.63 bits per heavy atom. The first-order valence-corrected chi connectivity index (χ1v) is 6.32. The molecule has 0 radical (unpaired) electrons. The first kappa shape index (κ1) is 13.6. The number of esters is 1. The van der Waals surface area contributed by atoms with Crippen molar-refractivity contribution in [1.29, 1.82) is 0 Å². The van der Waals surface area contributed by atoms with Crippen molar-refractivity contribution in [2.75, 3.05) is 24.8 Å². The molecule has 1 aromatic rings. The lowest BCUT2D eigenvalue weighted by Crippen LogP contribution is -2.32. The zero-order valence-electron chi connectivity index (χ0n) is 11.2. The first-order chi connectivity index (χ1) is 9.10. The van der Waals surface area contributed by atoms with Crippen LogP contribution in [0.15, 0.2) is 12.3 Å². The summed E-state index contributed by atoms with van der Waals surface area (Å²) in [4.78, 5) is 15.7. The number of nitrogen functional groups attached to an aromatic ring is 1. The van der Waals surface area contributed by atoms with Crippen LogP contribution in [-0.4, -0.2) is 36.8 Å². The Kier molecular flexibility index (Phi) is 4.21. The van der Waals surface area contributed by atoms with Gasteiger partial charge in [0.05, 0.1) is 30.7 Å². The standard InChI is InChI=1S/C13H19N3O3/c1-8-5-9(3-4-19-8)16-12-6-10(13(17)18-2)11(14)7-15-12/h6-9H,3-5,14H2,1-2H3,(H,15,16). The maximum atomic E-state index is 11.6. The molecule has 0 aliphatic carbocycles. The molecule has 1 aliphatic rings. The van der Waals surface area contributed by atoms with Gasteiger partial charge in [-0.05, 0) is 25.8 Å². The Balaban J connectivity index is 2.10. The molecule has 1 fully saturated rings. The van der Waals surface area contributed by atoms with Crippen molar-refractivity contribution in [3.8, 4) is 0 Å². The molecule has 0 saturated carbocycles. The number of rotatable bonds is 3. The van der Waals surface area contributed by atoms with Gasteiger partial charge in [-0.15, -0.1) is 0 Å². The summed E-state index contributed by atoms with van der Waals surface area (Å²) in [6.07, 6.45) is 3.54. The van der Waals surface area contributed by atoms with Gasteiger partial charge in [-0.1, -0.05) is 0 Å². The second-order valence-electron chi connectivity index (χ2n) is 4.70. The fourth-order valence-corrected chi connectivity index (χ4v) is 2.17. The highest BCUT2D eigenvalue weighted by atomic mass is 16.5. The van der Waals surface area contributed by atoms with Crippen molar-refractivity contribution in [1.82, 2.24) is 4.98 Å². The van der Waals surface area contributed by atoms with Crippen LogP contribution < -0.4 is 11.1 Å². The summed E-state index contributed by atoms with van der Waals surface area (Å²) in [5.74, 6) is 0.178. The monoisotopic (exact) mass is 265 g/mol. The predicted octanol–water partition coefficient (Wildman–Crippen LogP) is 1.43. The number of pyridine rings is 1. The second-order valence-corrected chi connectivity index (χ2v) is 4.70. The van der Waals surface area contributed by atoms with Crippen LogP contribution >= 0.6 is 0 Å². The van der Waals surface area contributed by atoms with Crippen LogP contribution in [0.1, 0.15) is 30.1 Å². The van der Waals surface area contributed by atoms with Crippen molar-refractivity contribution >= 4 is 17.5 Å². The molecule has 2 heterocycles. The molecule has 0 bridgehead atoms. The summed E-state index contributed by atoms with van der Waals surface area (Å²) in [6.45, 7) is 2.78. The minimum absolute atomic E-state index is 0.236. The summed E-state index contributed by atoms with van der Waals surface area (Å²) in [5, 5.41) is 3.30. The lowest BCUT2D eigenvalue weighted by atomic mass is 10.0. The molecule has 0 spiro atoms. The molecule has 1 aromatic heterocycles. The molecular weight excluding hydrogens is 246 g/mol. The minimum Gasteiger partial charge on any atom is -0.465 e. The Labute approximate surface area is 112 Å². The lowest BCUT2D eigenvalue weighted by molar-refractivity contribution is 0.0231. The second kappa shape index (κ2) is 5.88. The van der Waals surface area contributed by atoms with Crippen LogP contribution in [0.2, 0.25) is 0 Å². The molecule has 0 aromatic carbocycles. The van der Waals surface area contributed by atoms with Gasteiger partial charge in [0.15, 0.2) is 0 Å². The molecule has 3 N–H and O–H groups in total. The number of anilines is 2. The number of methoxy groups -OCH3 is 1. The molecule has 2 atom stereocenters. The third kappa shape index (κ3) is 3.35. The normalized spacial score (nSPS) is 22.8. The molecule has 19 heavy (non-hydrogen) atoms. The van der Waals surface area contributed by atoms with Gasteiger partial charge < -0.3 is 20.5 Å². The maximum absolute atomic E-state index is 11.6. The zero-order chi connectivity index (χ0) is 13.8. The number of aromatic nitrogens is 1. The van der Waals surface area contributed by atoms with E-state index in [1.807, 2.05) is 6.92 Å². The number of nitrogens with two attached hydrogens (primary N) is 1. The van der Waals surface area contributed by atoms with E-state index in [0.717, 1.165) is 19.4 Å². The van der Waals surface area contributed by atoms with Crippen molar-refractivity contribution in [3.63, 3.8) is 0 Å². The third-order valence-electron chi connectivity index (χ3n) is 3.18. The zero-order valence-corrected chi connectivity index (χ0v) is 11.2. The number of nitrogens with zero attached hydrogens (tertiary/aromatic N) is 1. The first-order valence-electron chi connectivity index (χ1n) is 6.32. The SMILES string of the molecule is COC(=O)c1cc(NC2CCOC(C)C2)ncc1N. The number of carbonyl (C=O) groups excluding carboxylic acids is 1. The van der Waals surface area contributed by atoms with Gasteiger partial charge in [0.25, 0.3) is 0 Å². The molecule has 6 heteroatoms. The van der Waals surface area contributed by atoms with Crippen molar-refractivity contribution in [2.24, 2.45) is 0 Å². The van der Waals surface area contributed by atoms with Crippen molar-refractivity contribution < 1.29 is 14.3 Å². The predicted molar refractivity (Wildman–Crippen MR) is 72.0 cm³/mol. The van der Waals surface area contributed by atoms with Crippen molar-refractivity contribution in [2.45, 2.75) is 31.9 Å². The van der Waals surface area contributed by atoms with Gasteiger partial charge in [-0.3, -0.25) is 0 Å². The molecule has 2 rings (SSSR count). The average molecular weight is 265 g/mol. The topological polar surface area (TPSA) is 86.5 Å². The fraction of sp³-hybridized carbons (Fsp3) is 0.538. The molecule has 104 valence electrons. The van der Waals surface area contributed by atoms with Gasteiger partial charge in [0, 0.05) is 12.6 Å². The van der Waals surface area contributed by atoms with Gasteiger partial charge in [0.2, 0.25) is 0 Å². The molecule has 1 aliphatic heterocycles.